The molecule has 0 aliphatic carbocycles. The lowest BCUT2D eigenvalue weighted by Crippen LogP contribution is -2.50. The summed E-state index contributed by atoms with van der Waals surface area (Å²) in [7, 11) is 0. The molecule has 0 bridgehead atoms. The Morgan fingerprint density at radius 3 is 0.988 bits per heavy atom. The lowest BCUT2D eigenvalue weighted by atomic mass is 9.82. The maximum absolute atomic E-state index is 14.4. The van der Waals surface area contributed by atoms with Gasteiger partial charge in [-0.1, -0.05) is 206 Å². The number of unbranched alkanes of at least 4 members (excludes halogenated alkanes) is 27. The van der Waals surface area contributed by atoms with E-state index < -0.39 is 5.54 Å². The zero-order chi connectivity index (χ0) is 58.0. The van der Waals surface area contributed by atoms with Crippen LogP contribution in [0, 0.1) is 11.8 Å². The smallest absolute Gasteiger partial charge is 0.253 e. The number of amides is 5. The number of hydrogen-bond donors (Lipinski definition) is 6. The Morgan fingerprint density at radius 1 is 0.400 bits per heavy atom. The molecule has 0 fully saturated rings. The lowest BCUT2D eigenvalue weighted by Gasteiger charge is -2.35. The summed E-state index contributed by atoms with van der Waals surface area (Å²) in [5, 5.41) is 12.7. The first-order valence-corrected chi connectivity index (χ1v) is 32.6. The molecule has 0 aromatic heterocycles. The van der Waals surface area contributed by atoms with Crippen LogP contribution in [0.2, 0.25) is 0 Å². The van der Waals surface area contributed by atoms with E-state index in [4.69, 9.17) is 11.5 Å². The maximum Gasteiger partial charge on any atom is 0.253 e. The predicted molar refractivity (Wildman–Crippen MR) is 335 cm³/mol. The number of carbonyl (C=O) groups excluding carboxylic acids is 5. The molecule has 0 aliphatic heterocycles. The van der Waals surface area contributed by atoms with Gasteiger partial charge in [-0.3, -0.25) is 24.0 Å². The molecule has 0 aliphatic rings. The zero-order valence-corrected chi connectivity index (χ0v) is 51.1. The number of rotatable bonds is 51. The summed E-state index contributed by atoms with van der Waals surface area (Å²) in [5.74, 6) is 5.71. The van der Waals surface area contributed by atoms with Crippen molar-refractivity contribution in [1.82, 2.24) is 26.2 Å². The van der Waals surface area contributed by atoms with E-state index in [1.165, 1.54) is 135 Å². The van der Waals surface area contributed by atoms with Crippen LogP contribution in [0.1, 0.15) is 297 Å². The summed E-state index contributed by atoms with van der Waals surface area (Å²) in [6.07, 6.45) is 39.3. The molecule has 0 heterocycles. The number of carbonyl (C=O) groups is 5. The summed E-state index contributed by atoms with van der Waals surface area (Å²) in [6, 6.07) is 14.3. The first kappa shape index (κ1) is 71.4. The normalized spacial score (nSPS) is 11.2. The van der Waals surface area contributed by atoms with Crippen molar-refractivity contribution in [2.75, 3.05) is 45.8 Å². The molecular weight excluding hydrogens is 995 g/mol. The van der Waals surface area contributed by atoms with Gasteiger partial charge in [-0.2, -0.15) is 0 Å². The van der Waals surface area contributed by atoms with Gasteiger partial charge in [-0.15, -0.1) is 0 Å². The Morgan fingerprint density at radius 2 is 0.688 bits per heavy atom. The minimum atomic E-state index is -1.01. The van der Waals surface area contributed by atoms with Gasteiger partial charge >= 0.3 is 0 Å². The predicted octanol–water partition coefficient (Wildman–Crippen LogP) is 14.1. The molecule has 2 rings (SSSR count). The van der Waals surface area contributed by atoms with Crippen molar-refractivity contribution in [3.8, 4) is 11.8 Å². The number of nitrogens with zero attached hydrogens (tertiary/aromatic N) is 1. The van der Waals surface area contributed by atoms with Crippen LogP contribution in [-0.2, 0) is 14.4 Å². The molecule has 2 aromatic rings. The molecule has 8 N–H and O–H groups in total. The molecule has 0 saturated heterocycles. The largest absolute Gasteiger partial charge is 0.356 e. The third-order valence-corrected chi connectivity index (χ3v) is 15.6. The standard InChI is InChI=1S/C68H115N7O5/c1-4-7-10-13-16-19-22-25-28-31-54-71-63(76)46-49-68(50-47-64(77)72-55-32-29-26-23-20-17-14-11-8-5-2,51-48-65(78)73-56-33-30-27-24-21-18-15-12-9-6-3)74-66(79)61-42-38-59(39-43-61)36-37-60-40-44-62(45-41-60)67(80)75(57-34-52-69)58-35-53-70/h38-45H,4-35,46-58,69-70H2,1-3H3,(H,71,76)(H,72,77)(H,73,78)(H,74,79). The van der Waals surface area contributed by atoms with Gasteiger partial charge in [-0.05, 0) is 113 Å². The minimum absolute atomic E-state index is 0.0575. The van der Waals surface area contributed by atoms with Gasteiger partial charge < -0.3 is 37.6 Å². The second-order valence-corrected chi connectivity index (χ2v) is 22.8. The second-order valence-electron chi connectivity index (χ2n) is 22.8. The molecule has 12 heteroatoms. The lowest BCUT2D eigenvalue weighted by molar-refractivity contribution is -0.121. The molecule has 5 amide bonds. The van der Waals surface area contributed by atoms with Gasteiger partial charge in [0.15, 0.2) is 0 Å². The molecule has 0 spiro atoms. The number of nitrogens with one attached hydrogen (secondary N) is 4. The maximum atomic E-state index is 14.4. The van der Waals surface area contributed by atoms with Gasteiger partial charge in [-0.25, -0.2) is 0 Å². The van der Waals surface area contributed by atoms with Crippen LogP contribution in [0.4, 0.5) is 0 Å². The van der Waals surface area contributed by atoms with Crippen LogP contribution in [0.25, 0.3) is 0 Å². The van der Waals surface area contributed by atoms with Crippen LogP contribution < -0.4 is 32.7 Å². The Labute approximate surface area is 487 Å². The molecule has 0 saturated carbocycles. The fourth-order valence-corrected chi connectivity index (χ4v) is 10.3. The van der Waals surface area contributed by atoms with Gasteiger partial charge in [0, 0.05) is 79.8 Å². The third kappa shape index (κ3) is 36.6. The highest BCUT2D eigenvalue weighted by Crippen LogP contribution is 2.27. The summed E-state index contributed by atoms with van der Waals surface area (Å²) >= 11 is 0. The Hall–Kier alpha value is -4.73. The van der Waals surface area contributed by atoms with E-state index in [1.807, 2.05) is 12.1 Å². The van der Waals surface area contributed by atoms with Gasteiger partial charge in [0.2, 0.25) is 17.7 Å². The second kappa shape index (κ2) is 48.9. The van der Waals surface area contributed by atoms with E-state index in [0.717, 1.165) is 76.2 Å². The van der Waals surface area contributed by atoms with E-state index in [1.54, 1.807) is 41.3 Å². The van der Waals surface area contributed by atoms with E-state index >= 15 is 0 Å². The summed E-state index contributed by atoms with van der Waals surface area (Å²) in [6.45, 7) is 10.7. The van der Waals surface area contributed by atoms with Crippen LogP contribution in [-0.4, -0.2) is 85.8 Å². The molecule has 2 aromatic carbocycles. The molecule has 0 radical (unpaired) electrons. The highest BCUT2D eigenvalue weighted by Gasteiger charge is 2.34. The first-order valence-electron chi connectivity index (χ1n) is 32.6. The van der Waals surface area contributed by atoms with Gasteiger partial charge in [0.25, 0.3) is 11.8 Å². The average molecular weight is 1110 g/mol. The van der Waals surface area contributed by atoms with Gasteiger partial charge in [0.05, 0.1) is 0 Å². The number of hydrogen-bond acceptors (Lipinski definition) is 7. The van der Waals surface area contributed by atoms with Crippen molar-refractivity contribution >= 4 is 29.5 Å². The topological polar surface area (TPSA) is 189 Å². The van der Waals surface area contributed by atoms with Crippen molar-refractivity contribution in [1.29, 1.82) is 0 Å². The highest BCUT2D eigenvalue weighted by molar-refractivity contribution is 5.95. The molecule has 0 unspecified atom stereocenters. The minimum Gasteiger partial charge on any atom is -0.356 e. The van der Waals surface area contributed by atoms with E-state index in [-0.39, 0.29) is 68.1 Å². The van der Waals surface area contributed by atoms with Gasteiger partial charge in [0.1, 0.15) is 0 Å². The Bertz CT molecular complexity index is 1850. The third-order valence-electron chi connectivity index (χ3n) is 15.6. The Kier molecular flexibility index (Phi) is 43.7. The van der Waals surface area contributed by atoms with Crippen molar-refractivity contribution < 1.29 is 24.0 Å². The number of nitrogens with two attached hydrogens (primary N) is 2. The first-order chi connectivity index (χ1) is 39.1. The van der Waals surface area contributed by atoms with Crippen LogP contribution in [0.15, 0.2) is 48.5 Å². The summed E-state index contributed by atoms with van der Waals surface area (Å²) in [4.78, 5) is 70.1. The molecule has 80 heavy (non-hydrogen) atoms. The van der Waals surface area contributed by atoms with Crippen molar-refractivity contribution in [2.45, 2.75) is 270 Å². The van der Waals surface area contributed by atoms with Crippen molar-refractivity contribution in [3.05, 3.63) is 70.8 Å². The molecule has 452 valence electrons. The average Bonchev–Trinajstić information content (AvgIpc) is 3.47. The highest BCUT2D eigenvalue weighted by atomic mass is 16.2. The van der Waals surface area contributed by atoms with Crippen LogP contribution in [0.5, 0.6) is 0 Å². The van der Waals surface area contributed by atoms with Crippen molar-refractivity contribution in [2.24, 2.45) is 11.5 Å². The SMILES string of the molecule is CCCCCCCCCCCCNC(=O)CCC(CCC(=O)NCCCCCCCCCCCC)(CCC(=O)NCCCCCCCCCCCC)NC(=O)c1ccc(C#Cc2ccc(C(=O)N(CCCN)CCCN)cc2)cc1. The van der Waals surface area contributed by atoms with Crippen molar-refractivity contribution in [3.63, 3.8) is 0 Å². The monoisotopic (exact) mass is 1110 g/mol. The summed E-state index contributed by atoms with van der Waals surface area (Å²) in [5.41, 5.74) is 12.9. The molecule has 0 atom stereocenters. The van der Waals surface area contributed by atoms with Crippen LogP contribution in [0.3, 0.4) is 0 Å². The molecule has 12 nitrogen and oxygen atoms in total. The fraction of sp³-hybridized carbons (Fsp3) is 0.721. The van der Waals surface area contributed by atoms with E-state index in [0.29, 0.717) is 62.5 Å². The number of benzene rings is 2. The summed E-state index contributed by atoms with van der Waals surface area (Å²) < 4.78 is 0. The fourth-order valence-electron chi connectivity index (χ4n) is 10.3. The van der Waals surface area contributed by atoms with E-state index in [9.17, 15) is 24.0 Å². The Balaban J connectivity index is 2.23. The zero-order valence-electron chi connectivity index (χ0n) is 51.1. The van der Waals surface area contributed by atoms with Crippen LogP contribution >= 0.6 is 0 Å². The quantitative estimate of drug-likeness (QED) is 0.0281. The molecular formula is C68H115N7O5. The van der Waals surface area contributed by atoms with E-state index in [2.05, 4.69) is 53.9 Å².